The summed E-state index contributed by atoms with van der Waals surface area (Å²) in [6.45, 7) is 12.2. The molecule has 2 fully saturated rings. The molecule has 4 rings (SSSR count). The first-order valence-electron chi connectivity index (χ1n) is 8.67. The molecule has 24 heavy (non-hydrogen) atoms. The average molecular weight is 351 g/mol. The van der Waals surface area contributed by atoms with Crippen LogP contribution in [-0.2, 0) is 0 Å². The van der Waals surface area contributed by atoms with Crippen LogP contribution in [0.15, 0.2) is 22.6 Å². The lowest BCUT2D eigenvalue weighted by Gasteiger charge is -2.38. The van der Waals surface area contributed by atoms with Crippen molar-refractivity contribution >= 4 is 29.5 Å². The van der Waals surface area contributed by atoms with Gasteiger partial charge in [-0.2, -0.15) is 4.98 Å². The normalized spacial score (nSPS) is 25.2. The number of hydrogen-bond acceptors (Lipinski definition) is 5. The topological polar surface area (TPSA) is 44.5 Å². The number of nitrogens with one attached hydrogen (secondary N) is 1. The molecule has 0 aliphatic carbocycles. The van der Waals surface area contributed by atoms with Crippen molar-refractivity contribution in [2.45, 2.75) is 20.3 Å². The molecule has 0 spiro atoms. The molecule has 0 amide bonds. The first kappa shape index (κ1) is 17.5. The summed E-state index contributed by atoms with van der Waals surface area (Å²) in [6, 6.07) is 6.96. The Kier molecular flexibility index (Phi) is 5.04. The maximum absolute atomic E-state index is 5.94. The van der Waals surface area contributed by atoms with Gasteiger partial charge in [-0.25, -0.2) is 0 Å². The van der Waals surface area contributed by atoms with Gasteiger partial charge in [0.15, 0.2) is 5.58 Å². The lowest BCUT2D eigenvalue weighted by atomic mass is 9.89. The van der Waals surface area contributed by atoms with Crippen molar-refractivity contribution in [2.24, 2.45) is 5.41 Å². The Morgan fingerprint density at radius 3 is 2.75 bits per heavy atom. The summed E-state index contributed by atoms with van der Waals surface area (Å²) in [5.74, 6) is 0. The Hall–Kier alpha value is -1.30. The summed E-state index contributed by atoms with van der Waals surface area (Å²) in [5.41, 5.74) is 3.52. The van der Waals surface area contributed by atoms with Gasteiger partial charge in [0.2, 0.25) is 0 Å². The molecule has 2 aromatic rings. The first-order valence-corrected chi connectivity index (χ1v) is 8.67. The fourth-order valence-corrected chi connectivity index (χ4v) is 3.80. The van der Waals surface area contributed by atoms with Gasteiger partial charge in [0.05, 0.1) is 0 Å². The molecule has 5 nitrogen and oxygen atoms in total. The molecule has 2 aliphatic rings. The van der Waals surface area contributed by atoms with Crippen molar-refractivity contribution in [1.82, 2.24) is 15.2 Å². The molecule has 6 heteroatoms. The molecule has 0 radical (unpaired) electrons. The minimum Gasteiger partial charge on any atom is -0.423 e. The van der Waals surface area contributed by atoms with Crippen molar-refractivity contribution in [3.8, 4) is 0 Å². The maximum Gasteiger partial charge on any atom is 0.298 e. The molecule has 3 heterocycles. The number of benzene rings is 1. The van der Waals surface area contributed by atoms with E-state index in [0.29, 0.717) is 5.41 Å². The third-order valence-corrected chi connectivity index (χ3v) is 5.24. The summed E-state index contributed by atoms with van der Waals surface area (Å²) >= 11 is 0. The fraction of sp³-hybridized carbons (Fsp3) is 0.611. The van der Waals surface area contributed by atoms with E-state index in [4.69, 9.17) is 4.42 Å². The zero-order valence-corrected chi connectivity index (χ0v) is 15.4. The van der Waals surface area contributed by atoms with Crippen LogP contribution in [0.2, 0.25) is 0 Å². The zero-order valence-electron chi connectivity index (χ0n) is 14.5. The van der Waals surface area contributed by atoms with Crippen LogP contribution < -0.4 is 10.2 Å². The number of oxazole rings is 1. The molecule has 1 atom stereocenters. The minimum atomic E-state index is 0. The van der Waals surface area contributed by atoms with Gasteiger partial charge in [0.25, 0.3) is 6.01 Å². The van der Waals surface area contributed by atoms with E-state index in [9.17, 15) is 0 Å². The predicted octanol–water partition coefficient (Wildman–Crippen LogP) is 2.68. The number of aromatic nitrogens is 1. The number of anilines is 1. The summed E-state index contributed by atoms with van der Waals surface area (Å²) in [7, 11) is 0. The minimum absolute atomic E-state index is 0. The lowest BCUT2D eigenvalue weighted by Crippen LogP contribution is -2.50. The molecule has 1 N–H and O–H groups in total. The van der Waals surface area contributed by atoms with Crippen LogP contribution in [0.25, 0.3) is 11.1 Å². The Morgan fingerprint density at radius 1 is 1.25 bits per heavy atom. The summed E-state index contributed by atoms with van der Waals surface area (Å²) in [5, 5.41) is 3.49. The molecule has 0 bridgehead atoms. The highest BCUT2D eigenvalue weighted by Gasteiger charge is 2.32. The standard InChI is InChI=1S/C18H26N4O.ClH/c1-14-3-4-16-15(11-14)20-17(23-16)22-9-7-21(8-10-22)13-18(2)5-6-19-12-18;/h3-4,11,19H,5-10,12-13H2,1-2H3;1H. The van der Waals surface area contributed by atoms with Crippen LogP contribution in [-0.4, -0.2) is 55.7 Å². The van der Waals surface area contributed by atoms with Crippen molar-refractivity contribution in [3.63, 3.8) is 0 Å². The highest BCUT2D eigenvalue weighted by atomic mass is 35.5. The van der Waals surface area contributed by atoms with E-state index >= 15 is 0 Å². The molecule has 2 aliphatic heterocycles. The van der Waals surface area contributed by atoms with Crippen LogP contribution in [0.1, 0.15) is 18.9 Å². The van der Waals surface area contributed by atoms with Crippen LogP contribution in [0.3, 0.4) is 0 Å². The molecule has 2 saturated heterocycles. The molecular formula is C18H27ClN4O. The van der Waals surface area contributed by atoms with Crippen molar-refractivity contribution in [1.29, 1.82) is 0 Å². The quantitative estimate of drug-likeness (QED) is 0.922. The molecule has 1 aromatic heterocycles. The molecule has 1 unspecified atom stereocenters. The van der Waals surface area contributed by atoms with Crippen molar-refractivity contribution < 1.29 is 4.42 Å². The van der Waals surface area contributed by atoms with Gasteiger partial charge in [0.1, 0.15) is 5.52 Å². The summed E-state index contributed by atoms with van der Waals surface area (Å²) < 4.78 is 5.94. The van der Waals surface area contributed by atoms with Crippen LogP contribution in [0, 0.1) is 12.3 Å². The highest BCUT2D eigenvalue weighted by Crippen LogP contribution is 2.27. The van der Waals surface area contributed by atoms with Crippen molar-refractivity contribution in [2.75, 3.05) is 50.7 Å². The monoisotopic (exact) mass is 350 g/mol. The second-order valence-electron chi connectivity index (χ2n) is 7.47. The van der Waals surface area contributed by atoms with E-state index in [0.717, 1.165) is 49.8 Å². The Labute approximate surface area is 149 Å². The number of rotatable bonds is 3. The van der Waals surface area contributed by atoms with Gasteiger partial charge in [-0.1, -0.05) is 13.0 Å². The van der Waals surface area contributed by atoms with E-state index in [1.165, 1.54) is 25.1 Å². The lowest BCUT2D eigenvalue weighted by molar-refractivity contribution is 0.168. The van der Waals surface area contributed by atoms with Crippen LogP contribution in [0.5, 0.6) is 0 Å². The highest BCUT2D eigenvalue weighted by molar-refractivity contribution is 5.85. The van der Waals surface area contributed by atoms with Gasteiger partial charge >= 0.3 is 0 Å². The fourth-order valence-electron chi connectivity index (χ4n) is 3.80. The van der Waals surface area contributed by atoms with E-state index in [2.05, 4.69) is 46.1 Å². The number of nitrogens with zero attached hydrogens (tertiary/aromatic N) is 3. The SMILES string of the molecule is Cc1ccc2oc(N3CCN(CC4(C)CCNC4)CC3)nc2c1.Cl. The van der Waals surface area contributed by atoms with Gasteiger partial charge in [-0.15, -0.1) is 12.4 Å². The van der Waals surface area contributed by atoms with E-state index in [1.54, 1.807) is 0 Å². The molecule has 132 valence electrons. The number of aryl methyl sites for hydroxylation is 1. The van der Waals surface area contributed by atoms with Gasteiger partial charge in [0, 0.05) is 39.3 Å². The number of piperazine rings is 1. The summed E-state index contributed by atoms with van der Waals surface area (Å²) in [4.78, 5) is 9.54. The molecular weight excluding hydrogens is 324 g/mol. The Morgan fingerprint density at radius 2 is 2.04 bits per heavy atom. The Bertz CT molecular complexity index is 687. The Balaban J connectivity index is 0.00000169. The number of halogens is 1. The number of hydrogen-bond donors (Lipinski definition) is 1. The predicted molar refractivity (Wildman–Crippen MR) is 100 cm³/mol. The third-order valence-electron chi connectivity index (χ3n) is 5.24. The average Bonchev–Trinajstić information content (AvgIpc) is 3.14. The van der Waals surface area contributed by atoms with Crippen LogP contribution in [0.4, 0.5) is 6.01 Å². The van der Waals surface area contributed by atoms with E-state index in [1.807, 2.05) is 6.07 Å². The van der Waals surface area contributed by atoms with Gasteiger partial charge < -0.3 is 14.6 Å². The first-order chi connectivity index (χ1) is 11.1. The van der Waals surface area contributed by atoms with Crippen LogP contribution >= 0.6 is 12.4 Å². The van der Waals surface area contributed by atoms with Crippen molar-refractivity contribution in [3.05, 3.63) is 23.8 Å². The molecule has 0 saturated carbocycles. The smallest absolute Gasteiger partial charge is 0.298 e. The summed E-state index contributed by atoms with van der Waals surface area (Å²) in [6.07, 6.45) is 1.29. The number of fused-ring (bicyclic) bond motifs is 1. The maximum atomic E-state index is 5.94. The largest absolute Gasteiger partial charge is 0.423 e. The second kappa shape index (κ2) is 6.90. The second-order valence-corrected chi connectivity index (χ2v) is 7.47. The van der Waals surface area contributed by atoms with E-state index in [-0.39, 0.29) is 12.4 Å². The third kappa shape index (κ3) is 3.53. The zero-order chi connectivity index (χ0) is 15.9. The van der Waals surface area contributed by atoms with Gasteiger partial charge in [-0.3, -0.25) is 4.90 Å². The van der Waals surface area contributed by atoms with Gasteiger partial charge in [-0.05, 0) is 43.0 Å². The van der Waals surface area contributed by atoms with E-state index < -0.39 is 0 Å². The molecule has 1 aromatic carbocycles.